The highest BCUT2D eigenvalue weighted by Gasteiger charge is 2.14. The van der Waals surface area contributed by atoms with Crippen molar-refractivity contribution < 1.29 is 9.53 Å². The molecule has 5 heteroatoms. The highest BCUT2D eigenvalue weighted by molar-refractivity contribution is 5.93. The third-order valence-electron chi connectivity index (χ3n) is 3.33. The number of hydrogen-bond acceptors (Lipinski definition) is 4. The quantitative estimate of drug-likeness (QED) is 0.805. The summed E-state index contributed by atoms with van der Waals surface area (Å²) in [4.78, 5) is 14.1. The number of nitrogen functional groups attached to an aromatic ring is 1. The number of carbonyl (C=O) groups is 1. The Labute approximate surface area is 113 Å². The van der Waals surface area contributed by atoms with E-state index in [0.717, 1.165) is 37.4 Å². The number of amides is 1. The summed E-state index contributed by atoms with van der Waals surface area (Å²) < 4.78 is 5.37. The van der Waals surface area contributed by atoms with Crippen molar-refractivity contribution in [2.24, 2.45) is 0 Å². The Morgan fingerprint density at radius 1 is 1.42 bits per heavy atom. The summed E-state index contributed by atoms with van der Waals surface area (Å²) in [6, 6.07) is 5.55. The standard InChI is InChI=1S/C14H21N3O2/c1-11-12(15)4-2-5-13(11)16-14(18)10-17-6-3-8-19-9-7-17/h2,4-5H,3,6-10,15H2,1H3,(H,16,18). The molecule has 3 N–H and O–H groups in total. The van der Waals surface area contributed by atoms with Crippen molar-refractivity contribution in [1.82, 2.24) is 4.90 Å². The first-order chi connectivity index (χ1) is 9.16. The summed E-state index contributed by atoms with van der Waals surface area (Å²) in [5, 5.41) is 2.92. The second-order valence-corrected chi connectivity index (χ2v) is 4.81. The lowest BCUT2D eigenvalue weighted by Crippen LogP contribution is -2.35. The highest BCUT2D eigenvalue weighted by Crippen LogP contribution is 2.20. The lowest BCUT2D eigenvalue weighted by Gasteiger charge is -2.19. The van der Waals surface area contributed by atoms with E-state index in [1.54, 1.807) is 0 Å². The number of hydrogen-bond donors (Lipinski definition) is 2. The van der Waals surface area contributed by atoms with Gasteiger partial charge in [-0.3, -0.25) is 9.69 Å². The van der Waals surface area contributed by atoms with Gasteiger partial charge in [-0.15, -0.1) is 0 Å². The van der Waals surface area contributed by atoms with Gasteiger partial charge in [0, 0.05) is 31.1 Å². The molecule has 1 aromatic rings. The van der Waals surface area contributed by atoms with Crippen molar-refractivity contribution in [3.63, 3.8) is 0 Å². The van der Waals surface area contributed by atoms with Gasteiger partial charge in [-0.05, 0) is 31.0 Å². The Hall–Kier alpha value is -1.59. The zero-order chi connectivity index (χ0) is 13.7. The van der Waals surface area contributed by atoms with Gasteiger partial charge in [-0.2, -0.15) is 0 Å². The zero-order valence-corrected chi connectivity index (χ0v) is 11.3. The van der Waals surface area contributed by atoms with Gasteiger partial charge >= 0.3 is 0 Å². The number of ether oxygens (including phenoxy) is 1. The summed E-state index contributed by atoms with van der Waals surface area (Å²) in [7, 11) is 0. The van der Waals surface area contributed by atoms with Gasteiger partial charge < -0.3 is 15.8 Å². The highest BCUT2D eigenvalue weighted by atomic mass is 16.5. The molecule has 2 rings (SSSR count). The third kappa shape index (κ3) is 3.94. The van der Waals surface area contributed by atoms with Crippen LogP contribution in [-0.2, 0) is 9.53 Å². The van der Waals surface area contributed by atoms with Crippen molar-refractivity contribution in [1.29, 1.82) is 0 Å². The molecular weight excluding hydrogens is 242 g/mol. The van der Waals surface area contributed by atoms with E-state index >= 15 is 0 Å². The predicted octanol–water partition coefficient (Wildman–Crippen LogP) is 1.24. The first-order valence-electron chi connectivity index (χ1n) is 6.62. The van der Waals surface area contributed by atoms with E-state index in [9.17, 15) is 4.79 Å². The van der Waals surface area contributed by atoms with Crippen LogP contribution in [0.1, 0.15) is 12.0 Å². The molecule has 0 bridgehead atoms. The van der Waals surface area contributed by atoms with E-state index < -0.39 is 0 Å². The summed E-state index contributed by atoms with van der Waals surface area (Å²) in [6.45, 7) is 5.51. The van der Waals surface area contributed by atoms with E-state index in [-0.39, 0.29) is 5.91 Å². The molecule has 1 aromatic carbocycles. The first-order valence-corrected chi connectivity index (χ1v) is 6.62. The number of rotatable bonds is 3. The Morgan fingerprint density at radius 3 is 3.11 bits per heavy atom. The maximum atomic E-state index is 12.0. The molecular formula is C14H21N3O2. The maximum absolute atomic E-state index is 12.0. The van der Waals surface area contributed by atoms with Crippen LogP contribution >= 0.6 is 0 Å². The number of anilines is 2. The number of nitrogens with two attached hydrogens (primary N) is 1. The molecule has 0 saturated carbocycles. The minimum atomic E-state index is -0.00407. The molecule has 0 radical (unpaired) electrons. The molecule has 1 aliphatic rings. The van der Waals surface area contributed by atoms with Crippen LogP contribution in [0.2, 0.25) is 0 Å². The second-order valence-electron chi connectivity index (χ2n) is 4.81. The Kier molecular flexibility index (Phi) is 4.76. The fraction of sp³-hybridized carbons (Fsp3) is 0.500. The third-order valence-corrected chi connectivity index (χ3v) is 3.33. The zero-order valence-electron chi connectivity index (χ0n) is 11.3. The van der Waals surface area contributed by atoms with Crippen LogP contribution in [-0.4, -0.2) is 43.7 Å². The van der Waals surface area contributed by atoms with Crippen molar-refractivity contribution >= 4 is 17.3 Å². The average molecular weight is 263 g/mol. The molecule has 1 amide bonds. The molecule has 0 spiro atoms. The van der Waals surface area contributed by atoms with Crippen LogP contribution < -0.4 is 11.1 Å². The van der Waals surface area contributed by atoms with Crippen molar-refractivity contribution in [3.8, 4) is 0 Å². The van der Waals surface area contributed by atoms with Crippen LogP contribution in [0.3, 0.4) is 0 Å². The van der Waals surface area contributed by atoms with Gasteiger partial charge in [-0.25, -0.2) is 0 Å². The Balaban J connectivity index is 1.91. The molecule has 0 atom stereocenters. The maximum Gasteiger partial charge on any atom is 0.238 e. The van der Waals surface area contributed by atoms with E-state index in [4.69, 9.17) is 10.5 Å². The monoisotopic (exact) mass is 263 g/mol. The number of nitrogens with zero attached hydrogens (tertiary/aromatic N) is 1. The van der Waals surface area contributed by atoms with Gasteiger partial charge in [-0.1, -0.05) is 6.07 Å². The fourth-order valence-electron chi connectivity index (χ4n) is 2.14. The van der Waals surface area contributed by atoms with Gasteiger partial charge in [0.15, 0.2) is 0 Å². The van der Waals surface area contributed by atoms with Gasteiger partial charge in [0.2, 0.25) is 5.91 Å². The lowest BCUT2D eigenvalue weighted by molar-refractivity contribution is -0.117. The van der Waals surface area contributed by atoms with E-state index in [1.807, 2.05) is 25.1 Å². The molecule has 1 fully saturated rings. The minimum Gasteiger partial charge on any atom is -0.398 e. The molecule has 5 nitrogen and oxygen atoms in total. The summed E-state index contributed by atoms with van der Waals surface area (Å²) >= 11 is 0. The molecule has 1 aliphatic heterocycles. The smallest absolute Gasteiger partial charge is 0.238 e. The van der Waals surface area contributed by atoms with Crippen LogP contribution in [0, 0.1) is 6.92 Å². The molecule has 0 unspecified atom stereocenters. The van der Waals surface area contributed by atoms with Crippen molar-refractivity contribution in [3.05, 3.63) is 23.8 Å². The first kappa shape index (κ1) is 13.8. The number of nitrogens with one attached hydrogen (secondary N) is 1. The normalized spacial score (nSPS) is 16.9. The largest absolute Gasteiger partial charge is 0.398 e. The van der Waals surface area contributed by atoms with E-state index in [1.165, 1.54) is 0 Å². The van der Waals surface area contributed by atoms with E-state index in [0.29, 0.717) is 18.8 Å². The molecule has 1 heterocycles. The lowest BCUT2D eigenvalue weighted by atomic mass is 10.1. The van der Waals surface area contributed by atoms with Gasteiger partial charge in [0.25, 0.3) is 0 Å². The number of benzene rings is 1. The molecule has 19 heavy (non-hydrogen) atoms. The number of carbonyl (C=O) groups excluding carboxylic acids is 1. The van der Waals surface area contributed by atoms with Crippen molar-refractivity contribution in [2.75, 3.05) is 43.9 Å². The van der Waals surface area contributed by atoms with Crippen LogP contribution in [0.15, 0.2) is 18.2 Å². The SMILES string of the molecule is Cc1c(N)cccc1NC(=O)CN1CCCOCC1. The minimum absolute atomic E-state index is 0.00407. The summed E-state index contributed by atoms with van der Waals surface area (Å²) in [6.07, 6.45) is 0.977. The average Bonchev–Trinajstić information content (AvgIpc) is 2.63. The van der Waals surface area contributed by atoms with E-state index in [2.05, 4.69) is 10.2 Å². The van der Waals surface area contributed by atoms with Crippen molar-refractivity contribution in [2.45, 2.75) is 13.3 Å². The Bertz CT molecular complexity index is 440. The topological polar surface area (TPSA) is 67.6 Å². The molecule has 1 saturated heterocycles. The predicted molar refractivity (Wildman–Crippen MR) is 76.1 cm³/mol. The molecule has 104 valence electrons. The molecule has 0 aliphatic carbocycles. The molecule has 0 aromatic heterocycles. The van der Waals surface area contributed by atoms with Crippen LogP contribution in [0.4, 0.5) is 11.4 Å². The summed E-state index contributed by atoms with van der Waals surface area (Å²) in [5.41, 5.74) is 8.22. The van der Waals surface area contributed by atoms with Gasteiger partial charge in [0.1, 0.15) is 0 Å². The fourth-order valence-corrected chi connectivity index (χ4v) is 2.14. The van der Waals surface area contributed by atoms with Crippen LogP contribution in [0.5, 0.6) is 0 Å². The van der Waals surface area contributed by atoms with Gasteiger partial charge in [0.05, 0.1) is 13.2 Å². The Morgan fingerprint density at radius 2 is 2.26 bits per heavy atom. The summed E-state index contributed by atoms with van der Waals surface area (Å²) in [5.74, 6) is -0.00407. The van der Waals surface area contributed by atoms with Crippen LogP contribution in [0.25, 0.3) is 0 Å². The second kappa shape index (κ2) is 6.54.